The van der Waals surface area contributed by atoms with Crippen LogP contribution in [0.5, 0.6) is 0 Å². The van der Waals surface area contributed by atoms with Crippen LogP contribution in [0, 0.1) is 0 Å². The molecular formula is C16H21ClN2S. The average molecular weight is 309 g/mol. The molecule has 1 unspecified atom stereocenters. The fraction of sp³-hybridized carbons (Fsp3) is 0.500. The Balaban J connectivity index is 1.84. The fourth-order valence-electron chi connectivity index (χ4n) is 2.98. The monoisotopic (exact) mass is 308 g/mol. The van der Waals surface area contributed by atoms with E-state index in [2.05, 4.69) is 41.4 Å². The van der Waals surface area contributed by atoms with E-state index < -0.39 is 0 Å². The number of halogens is 1. The highest BCUT2D eigenvalue weighted by atomic mass is 35.5. The van der Waals surface area contributed by atoms with Gasteiger partial charge in [-0.05, 0) is 32.0 Å². The number of benzene rings is 1. The molecule has 0 amide bonds. The third-order valence-electron chi connectivity index (χ3n) is 4.01. The van der Waals surface area contributed by atoms with E-state index in [1.165, 1.54) is 27.8 Å². The Morgan fingerprint density at radius 2 is 2.25 bits per heavy atom. The molecule has 4 heteroatoms. The summed E-state index contributed by atoms with van der Waals surface area (Å²) >= 11 is 8.42. The number of thiophene rings is 1. The number of hydrogen-bond acceptors (Lipinski definition) is 3. The van der Waals surface area contributed by atoms with Crippen LogP contribution in [0.15, 0.2) is 24.3 Å². The minimum absolute atomic E-state index is 0.663. The van der Waals surface area contributed by atoms with Crippen molar-refractivity contribution in [2.75, 3.05) is 19.6 Å². The van der Waals surface area contributed by atoms with Crippen molar-refractivity contribution in [3.05, 3.63) is 34.2 Å². The molecule has 0 aliphatic carbocycles. The Hall–Kier alpha value is -0.610. The zero-order valence-corrected chi connectivity index (χ0v) is 13.4. The van der Waals surface area contributed by atoms with E-state index in [1.807, 2.05) is 11.3 Å². The normalized spacial score (nSPS) is 19.2. The minimum atomic E-state index is 0.663. The molecule has 0 saturated carbocycles. The van der Waals surface area contributed by atoms with E-state index in [0.717, 1.165) is 31.2 Å². The van der Waals surface area contributed by atoms with Crippen molar-refractivity contribution < 1.29 is 0 Å². The summed E-state index contributed by atoms with van der Waals surface area (Å²) < 4.78 is 1.30. The number of rotatable bonds is 5. The third kappa shape index (κ3) is 2.86. The van der Waals surface area contributed by atoms with E-state index in [9.17, 15) is 0 Å². The van der Waals surface area contributed by atoms with E-state index >= 15 is 0 Å². The van der Waals surface area contributed by atoms with E-state index in [4.69, 9.17) is 11.6 Å². The van der Waals surface area contributed by atoms with Gasteiger partial charge in [-0.1, -0.05) is 36.7 Å². The van der Waals surface area contributed by atoms with Crippen LogP contribution in [-0.2, 0) is 6.54 Å². The van der Waals surface area contributed by atoms with Gasteiger partial charge in [0.05, 0.1) is 5.02 Å². The van der Waals surface area contributed by atoms with Crippen molar-refractivity contribution in [1.29, 1.82) is 0 Å². The molecule has 1 atom stereocenters. The average Bonchev–Trinajstić information content (AvgIpc) is 3.08. The summed E-state index contributed by atoms with van der Waals surface area (Å²) in [4.78, 5) is 3.91. The molecule has 0 bridgehead atoms. The fourth-order valence-corrected chi connectivity index (χ4v) is 4.50. The predicted octanol–water partition coefficient (Wildman–Crippen LogP) is 4.13. The number of fused-ring (bicyclic) bond motifs is 1. The second-order valence-electron chi connectivity index (χ2n) is 5.45. The van der Waals surface area contributed by atoms with Crippen molar-refractivity contribution in [1.82, 2.24) is 10.2 Å². The maximum atomic E-state index is 6.58. The standard InChI is InChI=1S/C16H21ClN2S/c1-2-9-19(12-7-8-18-10-12)11-15-16(17)13-5-3-4-6-14(13)20-15/h3-6,12,18H,2,7-11H2,1H3. The molecule has 1 fully saturated rings. The lowest BCUT2D eigenvalue weighted by Gasteiger charge is -2.27. The molecule has 0 radical (unpaired) electrons. The molecular weight excluding hydrogens is 288 g/mol. The van der Waals surface area contributed by atoms with Crippen molar-refractivity contribution >= 4 is 33.0 Å². The van der Waals surface area contributed by atoms with Gasteiger partial charge in [-0.2, -0.15) is 0 Å². The van der Waals surface area contributed by atoms with E-state index in [-0.39, 0.29) is 0 Å². The maximum Gasteiger partial charge on any atom is 0.0637 e. The Morgan fingerprint density at radius 3 is 2.95 bits per heavy atom. The van der Waals surface area contributed by atoms with Crippen LogP contribution in [0.2, 0.25) is 5.02 Å². The Kier molecular flexibility index (Phi) is 4.61. The van der Waals surface area contributed by atoms with Crippen LogP contribution in [0.4, 0.5) is 0 Å². The van der Waals surface area contributed by atoms with Crippen LogP contribution < -0.4 is 5.32 Å². The molecule has 0 spiro atoms. The molecule has 108 valence electrons. The van der Waals surface area contributed by atoms with Crippen LogP contribution in [0.25, 0.3) is 10.1 Å². The molecule has 2 aromatic rings. The van der Waals surface area contributed by atoms with Gasteiger partial charge in [-0.3, -0.25) is 4.90 Å². The lowest BCUT2D eigenvalue weighted by molar-refractivity contribution is 0.201. The molecule has 1 aromatic heterocycles. The number of nitrogens with one attached hydrogen (secondary N) is 1. The quantitative estimate of drug-likeness (QED) is 0.893. The smallest absolute Gasteiger partial charge is 0.0637 e. The second kappa shape index (κ2) is 6.44. The summed E-state index contributed by atoms with van der Waals surface area (Å²) in [6.45, 7) is 6.64. The van der Waals surface area contributed by atoms with Gasteiger partial charge < -0.3 is 5.32 Å². The topological polar surface area (TPSA) is 15.3 Å². The highest BCUT2D eigenvalue weighted by Gasteiger charge is 2.23. The molecule has 3 rings (SSSR count). The summed E-state index contributed by atoms with van der Waals surface area (Å²) in [5.74, 6) is 0. The Labute approximate surface area is 129 Å². The van der Waals surface area contributed by atoms with Gasteiger partial charge in [0.2, 0.25) is 0 Å². The molecule has 1 aliphatic heterocycles. The van der Waals surface area contributed by atoms with Gasteiger partial charge in [-0.25, -0.2) is 0 Å². The highest BCUT2D eigenvalue weighted by molar-refractivity contribution is 7.19. The van der Waals surface area contributed by atoms with Gasteiger partial charge in [-0.15, -0.1) is 11.3 Å². The van der Waals surface area contributed by atoms with Crippen molar-refractivity contribution in [2.45, 2.75) is 32.4 Å². The molecule has 1 aromatic carbocycles. The van der Waals surface area contributed by atoms with Crippen LogP contribution in [-0.4, -0.2) is 30.6 Å². The largest absolute Gasteiger partial charge is 0.315 e. The lowest BCUT2D eigenvalue weighted by Crippen LogP contribution is -2.36. The molecule has 20 heavy (non-hydrogen) atoms. The minimum Gasteiger partial charge on any atom is -0.315 e. The molecule has 1 N–H and O–H groups in total. The molecule has 1 saturated heterocycles. The predicted molar refractivity (Wildman–Crippen MR) is 88.8 cm³/mol. The lowest BCUT2D eigenvalue weighted by atomic mass is 10.2. The van der Waals surface area contributed by atoms with Gasteiger partial charge in [0.25, 0.3) is 0 Å². The summed E-state index contributed by atoms with van der Waals surface area (Å²) in [7, 11) is 0. The van der Waals surface area contributed by atoms with Gasteiger partial charge in [0, 0.05) is 34.1 Å². The first-order valence-electron chi connectivity index (χ1n) is 7.40. The zero-order valence-electron chi connectivity index (χ0n) is 11.9. The van der Waals surface area contributed by atoms with E-state index in [1.54, 1.807) is 0 Å². The van der Waals surface area contributed by atoms with Crippen LogP contribution >= 0.6 is 22.9 Å². The summed E-state index contributed by atoms with van der Waals surface area (Å²) in [5, 5.41) is 5.63. The first-order chi connectivity index (χ1) is 9.79. The highest BCUT2D eigenvalue weighted by Crippen LogP contribution is 2.36. The summed E-state index contributed by atoms with van der Waals surface area (Å²) in [6.07, 6.45) is 2.45. The van der Waals surface area contributed by atoms with E-state index in [0.29, 0.717) is 6.04 Å². The molecule has 2 nitrogen and oxygen atoms in total. The third-order valence-corrected chi connectivity index (χ3v) is 5.71. The van der Waals surface area contributed by atoms with Crippen molar-refractivity contribution in [2.24, 2.45) is 0 Å². The first kappa shape index (κ1) is 14.3. The molecule has 2 heterocycles. The second-order valence-corrected chi connectivity index (χ2v) is 6.97. The Bertz CT molecular complexity index is 575. The van der Waals surface area contributed by atoms with Gasteiger partial charge in [0.1, 0.15) is 0 Å². The summed E-state index contributed by atoms with van der Waals surface area (Å²) in [6, 6.07) is 9.10. The van der Waals surface area contributed by atoms with Gasteiger partial charge in [0.15, 0.2) is 0 Å². The van der Waals surface area contributed by atoms with Crippen molar-refractivity contribution in [3.63, 3.8) is 0 Å². The number of hydrogen-bond donors (Lipinski definition) is 1. The zero-order chi connectivity index (χ0) is 13.9. The molecule has 1 aliphatic rings. The van der Waals surface area contributed by atoms with Gasteiger partial charge >= 0.3 is 0 Å². The summed E-state index contributed by atoms with van der Waals surface area (Å²) in [5.41, 5.74) is 0. The van der Waals surface area contributed by atoms with Crippen LogP contribution in [0.1, 0.15) is 24.6 Å². The number of nitrogens with zero attached hydrogens (tertiary/aromatic N) is 1. The Morgan fingerprint density at radius 1 is 1.40 bits per heavy atom. The SMILES string of the molecule is CCCN(Cc1sc2ccccc2c1Cl)C1CCNC1. The first-order valence-corrected chi connectivity index (χ1v) is 8.59. The van der Waals surface area contributed by atoms with Crippen molar-refractivity contribution in [3.8, 4) is 0 Å². The van der Waals surface area contributed by atoms with Crippen LogP contribution in [0.3, 0.4) is 0 Å². The maximum absolute atomic E-state index is 6.58.